The largest absolute Gasteiger partial charge is 0.355 e. The molecule has 2 heterocycles. The van der Waals surface area contributed by atoms with Gasteiger partial charge in [0.15, 0.2) is 0 Å². The number of amides is 1. The predicted octanol–water partition coefficient (Wildman–Crippen LogP) is 3.95. The standard InChI is InChI=1S/C22H28ClN5O/c1-14(13-27-16(3)10-15(2)25-27)12-24-22(29)11-21-17(4)26-28(18(21)5)20-8-6-19(23)7-9-20/h6-10,14H,11-13H2,1-5H3,(H,24,29). The quantitative estimate of drug-likeness (QED) is 0.637. The minimum Gasteiger partial charge on any atom is -0.355 e. The predicted molar refractivity (Wildman–Crippen MR) is 116 cm³/mol. The van der Waals surface area contributed by atoms with E-state index in [9.17, 15) is 4.79 Å². The van der Waals surface area contributed by atoms with Crippen LogP contribution in [0.5, 0.6) is 0 Å². The average Bonchev–Trinajstić information content (AvgIpc) is 3.13. The number of carbonyl (C=O) groups excluding carboxylic acids is 1. The van der Waals surface area contributed by atoms with Gasteiger partial charge in [-0.3, -0.25) is 9.48 Å². The van der Waals surface area contributed by atoms with Crippen LogP contribution in [-0.4, -0.2) is 32.0 Å². The summed E-state index contributed by atoms with van der Waals surface area (Å²) in [6.07, 6.45) is 0.317. The van der Waals surface area contributed by atoms with E-state index in [0.717, 1.165) is 40.6 Å². The first kappa shape index (κ1) is 21.1. The van der Waals surface area contributed by atoms with Gasteiger partial charge in [-0.1, -0.05) is 18.5 Å². The molecule has 0 fully saturated rings. The number of aryl methyl sites for hydroxylation is 3. The van der Waals surface area contributed by atoms with Crippen molar-refractivity contribution in [1.82, 2.24) is 24.9 Å². The second-order valence-electron chi connectivity index (χ2n) is 7.73. The van der Waals surface area contributed by atoms with E-state index in [1.54, 1.807) is 0 Å². The van der Waals surface area contributed by atoms with Crippen LogP contribution in [0.25, 0.3) is 5.69 Å². The lowest BCUT2D eigenvalue weighted by Gasteiger charge is -2.14. The summed E-state index contributed by atoms with van der Waals surface area (Å²) in [7, 11) is 0. The molecular formula is C22H28ClN5O. The summed E-state index contributed by atoms with van der Waals surface area (Å²) in [5.74, 6) is 0.294. The van der Waals surface area contributed by atoms with Gasteiger partial charge in [0.25, 0.3) is 0 Å². The van der Waals surface area contributed by atoms with Crippen molar-refractivity contribution in [3.05, 3.63) is 63.7 Å². The molecule has 0 saturated heterocycles. The van der Waals surface area contributed by atoms with E-state index >= 15 is 0 Å². The molecule has 1 unspecified atom stereocenters. The number of carbonyl (C=O) groups is 1. The number of hydrogen-bond acceptors (Lipinski definition) is 3. The lowest BCUT2D eigenvalue weighted by Crippen LogP contribution is -2.31. The third-order valence-electron chi connectivity index (χ3n) is 5.09. The summed E-state index contributed by atoms with van der Waals surface area (Å²) < 4.78 is 3.86. The number of aromatic nitrogens is 4. The van der Waals surface area contributed by atoms with Crippen molar-refractivity contribution in [1.29, 1.82) is 0 Å². The Balaban J connectivity index is 1.60. The van der Waals surface area contributed by atoms with E-state index in [1.165, 1.54) is 0 Å². The molecule has 1 atom stereocenters. The smallest absolute Gasteiger partial charge is 0.224 e. The van der Waals surface area contributed by atoms with Gasteiger partial charge in [0.1, 0.15) is 0 Å². The Labute approximate surface area is 176 Å². The number of benzene rings is 1. The highest BCUT2D eigenvalue weighted by Gasteiger charge is 2.16. The van der Waals surface area contributed by atoms with Crippen LogP contribution >= 0.6 is 11.6 Å². The molecule has 0 aliphatic rings. The van der Waals surface area contributed by atoms with Gasteiger partial charge in [-0.2, -0.15) is 10.2 Å². The highest BCUT2D eigenvalue weighted by molar-refractivity contribution is 6.30. The maximum absolute atomic E-state index is 12.5. The summed E-state index contributed by atoms with van der Waals surface area (Å²) in [4.78, 5) is 12.5. The summed E-state index contributed by atoms with van der Waals surface area (Å²) in [5, 5.41) is 12.8. The zero-order valence-corrected chi connectivity index (χ0v) is 18.4. The van der Waals surface area contributed by atoms with Gasteiger partial charge in [-0.15, -0.1) is 0 Å². The van der Waals surface area contributed by atoms with Crippen molar-refractivity contribution in [3.63, 3.8) is 0 Å². The van der Waals surface area contributed by atoms with Crippen LogP contribution in [-0.2, 0) is 17.8 Å². The first-order valence-corrected chi connectivity index (χ1v) is 10.2. The number of hydrogen-bond donors (Lipinski definition) is 1. The molecule has 7 heteroatoms. The highest BCUT2D eigenvalue weighted by atomic mass is 35.5. The molecule has 3 aromatic rings. The molecule has 1 aromatic carbocycles. The Morgan fingerprint density at radius 2 is 1.83 bits per heavy atom. The second kappa shape index (κ2) is 8.82. The third-order valence-corrected chi connectivity index (χ3v) is 5.34. The molecule has 2 aromatic heterocycles. The molecule has 29 heavy (non-hydrogen) atoms. The molecule has 0 radical (unpaired) electrons. The molecule has 3 rings (SSSR count). The molecule has 0 aliphatic carbocycles. The van der Waals surface area contributed by atoms with Gasteiger partial charge in [-0.25, -0.2) is 4.68 Å². The van der Waals surface area contributed by atoms with Gasteiger partial charge in [0, 0.05) is 35.1 Å². The molecule has 154 valence electrons. The van der Waals surface area contributed by atoms with Crippen molar-refractivity contribution in [2.75, 3.05) is 6.54 Å². The van der Waals surface area contributed by atoms with E-state index in [2.05, 4.69) is 35.4 Å². The molecule has 1 N–H and O–H groups in total. The van der Waals surface area contributed by atoms with Gasteiger partial charge >= 0.3 is 0 Å². The van der Waals surface area contributed by atoms with Crippen molar-refractivity contribution in [2.45, 2.75) is 47.6 Å². The fourth-order valence-corrected chi connectivity index (χ4v) is 3.62. The Hall–Kier alpha value is -2.60. The number of nitrogens with one attached hydrogen (secondary N) is 1. The number of rotatable bonds is 7. The van der Waals surface area contributed by atoms with Crippen molar-refractivity contribution in [2.24, 2.45) is 5.92 Å². The minimum atomic E-state index is 0.00655. The zero-order valence-electron chi connectivity index (χ0n) is 17.7. The second-order valence-corrected chi connectivity index (χ2v) is 8.17. The van der Waals surface area contributed by atoms with Gasteiger partial charge in [0.05, 0.1) is 23.5 Å². The van der Waals surface area contributed by atoms with Crippen LogP contribution in [0, 0.1) is 33.6 Å². The monoisotopic (exact) mass is 413 g/mol. The van der Waals surface area contributed by atoms with Crippen molar-refractivity contribution < 1.29 is 4.79 Å². The SMILES string of the molecule is Cc1cc(C)n(CC(C)CNC(=O)Cc2c(C)nn(-c3ccc(Cl)cc3)c2C)n1. The maximum atomic E-state index is 12.5. The van der Waals surface area contributed by atoms with Crippen molar-refractivity contribution >= 4 is 17.5 Å². The molecule has 6 nitrogen and oxygen atoms in total. The fourth-order valence-electron chi connectivity index (χ4n) is 3.50. The van der Waals surface area contributed by atoms with Gasteiger partial charge in [0.2, 0.25) is 5.91 Å². The van der Waals surface area contributed by atoms with E-state index in [-0.39, 0.29) is 11.8 Å². The lowest BCUT2D eigenvalue weighted by atomic mass is 10.1. The Bertz CT molecular complexity index is 1000. The summed E-state index contributed by atoms with van der Waals surface area (Å²) in [6.45, 7) is 11.5. The fraction of sp³-hybridized carbons (Fsp3) is 0.409. The highest BCUT2D eigenvalue weighted by Crippen LogP contribution is 2.20. The molecule has 1 amide bonds. The maximum Gasteiger partial charge on any atom is 0.224 e. The Morgan fingerprint density at radius 3 is 2.45 bits per heavy atom. The van der Waals surface area contributed by atoms with Gasteiger partial charge in [-0.05, 0) is 63.9 Å². The normalized spacial score (nSPS) is 12.2. The van der Waals surface area contributed by atoms with Crippen LogP contribution < -0.4 is 5.32 Å². The molecule has 0 spiro atoms. The molecule has 0 bridgehead atoms. The first-order chi connectivity index (χ1) is 13.7. The number of nitrogens with zero attached hydrogens (tertiary/aromatic N) is 4. The van der Waals surface area contributed by atoms with E-state index < -0.39 is 0 Å². The van der Waals surface area contributed by atoms with E-state index in [4.69, 9.17) is 11.6 Å². The van der Waals surface area contributed by atoms with Crippen LogP contribution in [0.2, 0.25) is 5.02 Å². The molecule has 0 aliphatic heterocycles. The van der Waals surface area contributed by atoms with Gasteiger partial charge < -0.3 is 5.32 Å². The zero-order chi connectivity index (χ0) is 21.1. The van der Waals surface area contributed by atoms with Crippen molar-refractivity contribution in [3.8, 4) is 5.69 Å². The van der Waals surface area contributed by atoms with Crippen LogP contribution in [0.15, 0.2) is 30.3 Å². The van der Waals surface area contributed by atoms with E-state index in [0.29, 0.717) is 18.0 Å². The summed E-state index contributed by atoms with van der Waals surface area (Å²) >= 11 is 5.98. The minimum absolute atomic E-state index is 0.00655. The summed E-state index contributed by atoms with van der Waals surface area (Å²) in [5.41, 5.74) is 5.88. The first-order valence-electron chi connectivity index (χ1n) is 9.83. The molecular weight excluding hydrogens is 386 g/mol. The third kappa shape index (κ3) is 5.07. The summed E-state index contributed by atoms with van der Waals surface area (Å²) in [6, 6.07) is 9.58. The average molecular weight is 414 g/mol. The van der Waals surface area contributed by atoms with Crippen LogP contribution in [0.1, 0.15) is 35.3 Å². The lowest BCUT2D eigenvalue weighted by molar-refractivity contribution is -0.120. The molecule has 0 saturated carbocycles. The topological polar surface area (TPSA) is 64.7 Å². The Morgan fingerprint density at radius 1 is 1.14 bits per heavy atom. The van der Waals surface area contributed by atoms with Crippen LogP contribution in [0.4, 0.5) is 0 Å². The van der Waals surface area contributed by atoms with Crippen LogP contribution in [0.3, 0.4) is 0 Å². The van der Waals surface area contributed by atoms with E-state index in [1.807, 2.05) is 54.4 Å². The Kier molecular flexibility index (Phi) is 6.42. The number of halogens is 1.